The molecule has 160 valence electrons. The first-order valence-electron chi connectivity index (χ1n) is 11.0. The van der Waals surface area contributed by atoms with Crippen molar-refractivity contribution >= 4 is 11.6 Å². The van der Waals surface area contributed by atoms with E-state index in [-0.39, 0.29) is 5.91 Å². The predicted octanol–water partition coefficient (Wildman–Crippen LogP) is 2.36. The summed E-state index contributed by atoms with van der Waals surface area (Å²) in [6.07, 6.45) is 7.66. The van der Waals surface area contributed by atoms with E-state index in [1.165, 1.54) is 0 Å². The Morgan fingerprint density at radius 2 is 1.81 bits per heavy atom. The van der Waals surface area contributed by atoms with Gasteiger partial charge >= 0.3 is 0 Å². The van der Waals surface area contributed by atoms with Gasteiger partial charge in [0.05, 0.1) is 29.8 Å². The summed E-state index contributed by atoms with van der Waals surface area (Å²) in [5.41, 5.74) is 4.48. The fourth-order valence-corrected chi connectivity index (χ4v) is 4.46. The maximum absolute atomic E-state index is 13.1. The van der Waals surface area contributed by atoms with E-state index >= 15 is 0 Å². The van der Waals surface area contributed by atoms with Crippen LogP contribution in [0.1, 0.15) is 17.7 Å². The number of para-hydroxylation sites is 1. The monoisotopic (exact) mass is 416 g/mol. The maximum atomic E-state index is 13.1. The summed E-state index contributed by atoms with van der Waals surface area (Å²) in [6, 6.07) is 14.2. The highest BCUT2D eigenvalue weighted by Gasteiger charge is 2.25. The highest BCUT2D eigenvalue weighted by atomic mass is 16.2. The molecular weight excluding hydrogens is 388 g/mol. The van der Waals surface area contributed by atoms with Crippen molar-refractivity contribution in [2.24, 2.45) is 0 Å². The van der Waals surface area contributed by atoms with Crippen LogP contribution in [0.25, 0.3) is 5.69 Å². The van der Waals surface area contributed by atoms with Gasteiger partial charge < -0.3 is 9.80 Å². The standard InChI is InChI=1S/C24H28N6O/c31-24(19-27-11-5-12-28(15-14-27)22-8-4-10-25-16-22)29-13-9-23-20(17-29)18-30(26-23)21-6-2-1-3-7-21/h1-4,6-8,10,16,18H,5,9,11-15,17,19H2. The summed E-state index contributed by atoms with van der Waals surface area (Å²) < 4.78 is 1.93. The van der Waals surface area contributed by atoms with E-state index in [9.17, 15) is 4.79 Å². The molecule has 0 N–H and O–H groups in total. The summed E-state index contributed by atoms with van der Waals surface area (Å²) in [5.74, 6) is 0.216. The van der Waals surface area contributed by atoms with Crippen LogP contribution >= 0.6 is 0 Å². The molecular formula is C24H28N6O. The van der Waals surface area contributed by atoms with Crippen LogP contribution in [0.5, 0.6) is 0 Å². The van der Waals surface area contributed by atoms with Crippen molar-refractivity contribution in [1.82, 2.24) is 24.6 Å². The molecule has 2 aliphatic rings. The molecule has 4 heterocycles. The van der Waals surface area contributed by atoms with Crippen LogP contribution in [0.15, 0.2) is 61.1 Å². The molecule has 0 unspecified atom stereocenters. The summed E-state index contributed by atoms with van der Waals surface area (Å²) in [4.78, 5) is 23.9. The molecule has 1 amide bonds. The zero-order chi connectivity index (χ0) is 21.0. The molecule has 0 radical (unpaired) electrons. The van der Waals surface area contributed by atoms with E-state index in [1.54, 1.807) is 6.20 Å². The summed E-state index contributed by atoms with van der Waals surface area (Å²) in [7, 11) is 0. The molecule has 3 aromatic rings. The number of hydrogen-bond donors (Lipinski definition) is 0. The number of hydrogen-bond acceptors (Lipinski definition) is 5. The van der Waals surface area contributed by atoms with Gasteiger partial charge in [0.1, 0.15) is 0 Å². The number of fused-ring (bicyclic) bond motifs is 1. The number of carbonyl (C=O) groups excluding carboxylic acids is 1. The lowest BCUT2D eigenvalue weighted by Gasteiger charge is -2.29. The zero-order valence-electron chi connectivity index (χ0n) is 17.7. The van der Waals surface area contributed by atoms with Gasteiger partial charge in [-0.05, 0) is 30.7 Å². The van der Waals surface area contributed by atoms with Gasteiger partial charge in [-0.25, -0.2) is 4.68 Å². The Hall–Kier alpha value is -3.19. The van der Waals surface area contributed by atoms with E-state index in [1.807, 2.05) is 40.0 Å². The molecule has 0 aliphatic carbocycles. The minimum atomic E-state index is 0.216. The molecule has 2 aliphatic heterocycles. The van der Waals surface area contributed by atoms with Crippen LogP contribution in [0.4, 0.5) is 5.69 Å². The normalized spacial score (nSPS) is 17.3. The Morgan fingerprint density at radius 1 is 0.935 bits per heavy atom. The SMILES string of the molecule is O=C(CN1CCCN(c2cccnc2)CC1)N1CCc2nn(-c3ccccc3)cc2C1. The summed E-state index contributed by atoms with van der Waals surface area (Å²) in [6.45, 7) is 5.65. The third-order valence-electron chi connectivity index (χ3n) is 6.19. The second kappa shape index (κ2) is 8.89. The Bertz CT molecular complexity index is 1020. The molecule has 0 atom stereocenters. The highest BCUT2D eigenvalue weighted by molar-refractivity contribution is 5.78. The maximum Gasteiger partial charge on any atom is 0.237 e. The Balaban J connectivity index is 1.19. The quantitative estimate of drug-likeness (QED) is 0.654. The lowest BCUT2D eigenvalue weighted by atomic mass is 10.1. The first-order chi connectivity index (χ1) is 15.3. The Labute approximate surface area is 182 Å². The van der Waals surface area contributed by atoms with E-state index in [4.69, 9.17) is 5.10 Å². The molecule has 0 spiro atoms. The van der Waals surface area contributed by atoms with Crippen LogP contribution in [-0.2, 0) is 17.8 Å². The van der Waals surface area contributed by atoms with Gasteiger partial charge in [-0.1, -0.05) is 18.2 Å². The average Bonchev–Trinajstić information content (AvgIpc) is 3.12. The second-order valence-corrected chi connectivity index (χ2v) is 8.27. The molecule has 1 fully saturated rings. The number of carbonyl (C=O) groups is 1. The number of aromatic nitrogens is 3. The zero-order valence-corrected chi connectivity index (χ0v) is 17.7. The number of anilines is 1. The average molecular weight is 417 g/mol. The second-order valence-electron chi connectivity index (χ2n) is 8.27. The minimum absolute atomic E-state index is 0.216. The fourth-order valence-electron chi connectivity index (χ4n) is 4.46. The van der Waals surface area contributed by atoms with Gasteiger partial charge in [0.2, 0.25) is 5.91 Å². The van der Waals surface area contributed by atoms with Gasteiger partial charge in [0.15, 0.2) is 0 Å². The van der Waals surface area contributed by atoms with Crippen LogP contribution in [-0.4, -0.2) is 69.7 Å². The molecule has 1 saturated heterocycles. The van der Waals surface area contributed by atoms with Crippen LogP contribution in [0.2, 0.25) is 0 Å². The van der Waals surface area contributed by atoms with Gasteiger partial charge in [0.25, 0.3) is 0 Å². The Morgan fingerprint density at radius 3 is 2.65 bits per heavy atom. The van der Waals surface area contributed by atoms with Crippen molar-refractivity contribution in [3.05, 3.63) is 72.3 Å². The number of nitrogens with zero attached hydrogens (tertiary/aromatic N) is 6. The van der Waals surface area contributed by atoms with Crippen LogP contribution < -0.4 is 4.90 Å². The molecule has 5 rings (SSSR count). The van der Waals surface area contributed by atoms with Gasteiger partial charge in [-0.2, -0.15) is 5.10 Å². The minimum Gasteiger partial charge on any atom is -0.369 e. The molecule has 2 aromatic heterocycles. The van der Waals surface area contributed by atoms with Crippen molar-refractivity contribution in [3.8, 4) is 5.69 Å². The lowest BCUT2D eigenvalue weighted by Crippen LogP contribution is -2.43. The van der Waals surface area contributed by atoms with Crippen molar-refractivity contribution in [2.45, 2.75) is 19.4 Å². The molecule has 0 saturated carbocycles. The van der Waals surface area contributed by atoms with Gasteiger partial charge in [-0.15, -0.1) is 0 Å². The predicted molar refractivity (Wildman–Crippen MR) is 120 cm³/mol. The van der Waals surface area contributed by atoms with E-state index < -0.39 is 0 Å². The van der Waals surface area contributed by atoms with E-state index in [2.05, 4.69) is 39.2 Å². The first-order valence-corrected chi connectivity index (χ1v) is 11.0. The third kappa shape index (κ3) is 4.46. The highest BCUT2D eigenvalue weighted by Crippen LogP contribution is 2.20. The Kier molecular flexibility index (Phi) is 5.67. The van der Waals surface area contributed by atoms with Crippen molar-refractivity contribution in [2.75, 3.05) is 44.2 Å². The largest absolute Gasteiger partial charge is 0.369 e. The third-order valence-corrected chi connectivity index (χ3v) is 6.19. The molecule has 1 aromatic carbocycles. The topological polar surface area (TPSA) is 57.5 Å². The van der Waals surface area contributed by atoms with E-state index in [0.717, 1.165) is 68.2 Å². The fraction of sp³-hybridized carbons (Fsp3) is 0.375. The molecule has 0 bridgehead atoms. The molecule has 7 nitrogen and oxygen atoms in total. The van der Waals surface area contributed by atoms with E-state index in [0.29, 0.717) is 13.1 Å². The number of amides is 1. The summed E-state index contributed by atoms with van der Waals surface area (Å²) >= 11 is 0. The van der Waals surface area contributed by atoms with Crippen molar-refractivity contribution in [1.29, 1.82) is 0 Å². The van der Waals surface area contributed by atoms with Gasteiger partial charge in [0, 0.05) is 63.6 Å². The summed E-state index contributed by atoms with van der Waals surface area (Å²) in [5, 5.41) is 4.74. The van der Waals surface area contributed by atoms with Crippen molar-refractivity contribution in [3.63, 3.8) is 0 Å². The molecule has 7 heteroatoms. The van der Waals surface area contributed by atoms with Crippen LogP contribution in [0, 0.1) is 0 Å². The first kappa shape index (κ1) is 19.8. The molecule has 31 heavy (non-hydrogen) atoms. The van der Waals surface area contributed by atoms with Crippen LogP contribution in [0.3, 0.4) is 0 Å². The number of benzene rings is 1. The number of rotatable bonds is 4. The number of pyridine rings is 1. The van der Waals surface area contributed by atoms with Gasteiger partial charge in [-0.3, -0.25) is 14.7 Å². The van der Waals surface area contributed by atoms with Crippen molar-refractivity contribution < 1.29 is 4.79 Å². The smallest absolute Gasteiger partial charge is 0.237 e. The lowest BCUT2D eigenvalue weighted by molar-refractivity contribution is -0.133.